The van der Waals surface area contributed by atoms with Crippen LogP contribution in [-0.4, -0.2) is 34.9 Å². The Labute approximate surface area is 114 Å². The van der Waals surface area contributed by atoms with E-state index in [9.17, 15) is 19.8 Å². The molecule has 1 aromatic rings. The van der Waals surface area contributed by atoms with E-state index >= 15 is 0 Å². The Kier molecular flexibility index (Phi) is 3.90. The highest BCUT2D eigenvalue weighted by Gasteiger charge is 2.36. The van der Waals surface area contributed by atoms with Crippen LogP contribution in [0, 0.1) is 0 Å². The molecule has 0 saturated carbocycles. The third kappa shape index (κ3) is 2.72. The quantitative estimate of drug-likeness (QED) is 0.480. The third-order valence-electron chi connectivity index (χ3n) is 2.82. The molecule has 7 heteroatoms. The van der Waals surface area contributed by atoms with Crippen molar-refractivity contribution in [2.45, 2.75) is 12.1 Å². The molecule has 0 aliphatic carbocycles. The Bertz CT molecular complexity index is 558. The summed E-state index contributed by atoms with van der Waals surface area (Å²) in [5, 5.41) is 24.2. The van der Waals surface area contributed by atoms with Crippen molar-refractivity contribution in [3.63, 3.8) is 0 Å². The molecule has 2 rings (SSSR count). The lowest BCUT2D eigenvalue weighted by Crippen LogP contribution is -2.46. The Morgan fingerprint density at radius 1 is 1.55 bits per heavy atom. The number of hydrogen-bond acceptors (Lipinski definition) is 5. The number of amides is 2. The van der Waals surface area contributed by atoms with Crippen LogP contribution in [0.3, 0.4) is 0 Å². The van der Waals surface area contributed by atoms with E-state index in [-0.39, 0.29) is 12.4 Å². The lowest BCUT2D eigenvalue weighted by molar-refractivity contribution is -0.125. The molecular formula is C13H14N2O5. The number of fused-ring (bicyclic) bond motifs is 1. The van der Waals surface area contributed by atoms with E-state index in [4.69, 9.17) is 4.74 Å². The largest absolute Gasteiger partial charge is 0.508 e. The molecule has 1 heterocycles. The minimum absolute atomic E-state index is 0.00768. The number of phenolic OH excluding ortho intramolecular Hbond substituents is 1. The molecule has 2 atom stereocenters. The topological polar surface area (TPSA) is 108 Å². The van der Waals surface area contributed by atoms with E-state index in [0.29, 0.717) is 11.3 Å². The molecule has 1 aliphatic rings. The molecular weight excluding hydrogens is 264 g/mol. The zero-order chi connectivity index (χ0) is 14.7. The van der Waals surface area contributed by atoms with Crippen molar-refractivity contribution in [2.24, 2.45) is 0 Å². The predicted molar refractivity (Wildman–Crippen MR) is 70.2 cm³/mol. The first-order valence-electron chi connectivity index (χ1n) is 5.89. The van der Waals surface area contributed by atoms with Crippen molar-refractivity contribution in [3.05, 3.63) is 36.4 Å². The number of carbonyl (C=O) groups excluding carboxylic acids is 2. The van der Waals surface area contributed by atoms with Gasteiger partial charge in [-0.1, -0.05) is 12.7 Å². The summed E-state index contributed by atoms with van der Waals surface area (Å²) in [6.45, 7) is 3.41. The monoisotopic (exact) mass is 278 g/mol. The van der Waals surface area contributed by atoms with Crippen LogP contribution in [0.15, 0.2) is 30.9 Å². The fourth-order valence-corrected chi connectivity index (χ4v) is 1.91. The summed E-state index contributed by atoms with van der Waals surface area (Å²) in [6, 6.07) is 3.24. The predicted octanol–water partition coefficient (Wildman–Crippen LogP) is 0.658. The second kappa shape index (κ2) is 5.62. The van der Waals surface area contributed by atoms with Crippen molar-refractivity contribution >= 4 is 17.7 Å². The number of rotatable bonds is 3. The molecule has 106 valence electrons. The van der Waals surface area contributed by atoms with Crippen LogP contribution in [0.2, 0.25) is 0 Å². The minimum Gasteiger partial charge on any atom is -0.508 e. The molecule has 0 spiro atoms. The molecule has 0 aromatic heterocycles. The number of benzene rings is 1. The molecule has 0 saturated heterocycles. The van der Waals surface area contributed by atoms with E-state index in [2.05, 4.69) is 17.2 Å². The zero-order valence-corrected chi connectivity index (χ0v) is 10.5. The first-order chi connectivity index (χ1) is 9.52. The highest BCUT2D eigenvalue weighted by atomic mass is 16.5. The van der Waals surface area contributed by atoms with E-state index < -0.39 is 24.1 Å². The second-order valence-electron chi connectivity index (χ2n) is 4.21. The van der Waals surface area contributed by atoms with Gasteiger partial charge in [-0.05, 0) is 18.2 Å². The molecule has 7 nitrogen and oxygen atoms in total. The van der Waals surface area contributed by atoms with Crippen LogP contribution in [-0.2, 0) is 9.53 Å². The maximum atomic E-state index is 11.6. The summed E-state index contributed by atoms with van der Waals surface area (Å²) in [6.07, 6.45) is -0.873. The number of aliphatic hydroxyl groups excluding tert-OH is 1. The van der Waals surface area contributed by atoms with Crippen molar-refractivity contribution in [3.8, 4) is 5.75 Å². The van der Waals surface area contributed by atoms with Crippen molar-refractivity contribution < 1.29 is 24.5 Å². The highest BCUT2D eigenvalue weighted by molar-refractivity contribution is 5.98. The number of ether oxygens (including phenoxy) is 1. The van der Waals surface area contributed by atoms with E-state index in [1.165, 1.54) is 24.3 Å². The van der Waals surface area contributed by atoms with Gasteiger partial charge in [0.1, 0.15) is 12.4 Å². The lowest BCUT2D eigenvalue weighted by atomic mass is 9.95. The van der Waals surface area contributed by atoms with Gasteiger partial charge in [-0.15, -0.1) is 0 Å². The number of alkyl carbamates (subject to hydrolysis) is 1. The average molecular weight is 278 g/mol. The van der Waals surface area contributed by atoms with Gasteiger partial charge in [0, 0.05) is 11.3 Å². The Balaban J connectivity index is 2.26. The third-order valence-corrected chi connectivity index (χ3v) is 2.82. The highest BCUT2D eigenvalue weighted by Crippen LogP contribution is 2.33. The maximum Gasteiger partial charge on any atom is 0.408 e. The summed E-state index contributed by atoms with van der Waals surface area (Å²) in [7, 11) is 0. The minimum atomic E-state index is -1.47. The summed E-state index contributed by atoms with van der Waals surface area (Å²) in [5.74, 6) is -0.685. The number of nitrogens with one attached hydrogen (secondary N) is 2. The van der Waals surface area contributed by atoms with Crippen molar-refractivity contribution in [2.75, 3.05) is 11.9 Å². The van der Waals surface area contributed by atoms with Gasteiger partial charge < -0.3 is 25.6 Å². The summed E-state index contributed by atoms with van der Waals surface area (Å²) < 4.78 is 4.75. The van der Waals surface area contributed by atoms with Gasteiger partial charge in [-0.25, -0.2) is 4.79 Å². The first-order valence-corrected chi connectivity index (χ1v) is 5.89. The fourth-order valence-electron chi connectivity index (χ4n) is 1.91. The molecule has 0 unspecified atom stereocenters. The van der Waals surface area contributed by atoms with Gasteiger partial charge in [0.2, 0.25) is 0 Å². The standard InChI is InChI=1S/C13H14N2O5/c1-2-5-20-13(19)15-10-8-6-7(16)3-4-9(8)14-12(18)11(10)17/h2-4,6,10-11,16-17H,1,5H2,(H,14,18)(H,15,19)/t10-,11+/m0/s1. The SMILES string of the molecule is C=CCOC(=O)N[C@H]1c2cc(O)ccc2NC(=O)[C@@H]1O. The summed E-state index contributed by atoms with van der Waals surface area (Å²) in [4.78, 5) is 23.1. The van der Waals surface area contributed by atoms with E-state index in [0.717, 1.165) is 0 Å². The van der Waals surface area contributed by atoms with Gasteiger partial charge in [0.15, 0.2) is 6.10 Å². The number of carbonyl (C=O) groups is 2. The van der Waals surface area contributed by atoms with E-state index in [1.807, 2.05) is 0 Å². The summed E-state index contributed by atoms with van der Waals surface area (Å²) >= 11 is 0. The van der Waals surface area contributed by atoms with Gasteiger partial charge >= 0.3 is 6.09 Å². The van der Waals surface area contributed by atoms with E-state index in [1.54, 1.807) is 0 Å². The average Bonchev–Trinajstić information content (AvgIpc) is 2.42. The zero-order valence-electron chi connectivity index (χ0n) is 10.5. The maximum absolute atomic E-state index is 11.6. The Morgan fingerprint density at radius 3 is 3.00 bits per heavy atom. The molecule has 2 amide bonds. The molecule has 0 bridgehead atoms. The van der Waals surface area contributed by atoms with Gasteiger partial charge in [-0.2, -0.15) is 0 Å². The number of anilines is 1. The smallest absolute Gasteiger partial charge is 0.408 e. The van der Waals surface area contributed by atoms with Crippen LogP contribution in [0.25, 0.3) is 0 Å². The number of aromatic hydroxyl groups is 1. The Morgan fingerprint density at radius 2 is 2.30 bits per heavy atom. The number of phenols is 1. The number of hydrogen-bond donors (Lipinski definition) is 4. The van der Waals surface area contributed by atoms with Crippen molar-refractivity contribution in [1.82, 2.24) is 5.32 Å². The van der Waals surface area contributed by atoms with Crippen LogP contribution in [0.1, 0.15) is 11.6 Å². The molecule has 0 fully saturated rings. The summed E-state index contributed by atoms with van der Waals surface area (Å²) in [5.41, 5.74) is 0.805. The van der Waals surface area contributed by atoms with Gasteiger partial charge in [0.25, 0.3) is 5.91 Å². The van der Waals surface area contributed by atoms with Crippen LogP contribution in [0.4, 0.5) is 10.5 Å². The Hall–Kier alpha value is -2.54. The molecule has 4 N–H and O–H groups in total. The molecule has 20 heavy (non-hydrogen) atoms. The van der Waals surface area contributed by atoms with Gasteiger partial charge in [0.05, 0.1) is 6.04 Å². The molecule has 1 aromatic carbocycles. The molecule has 0 radical (unpaired) electrons. The number of aliphatic hydroxyl groups is 1. The van der Waals surface area contributed by atoms with Crippen LogP contribution >= 0.6 is 0 Å². The lowest BCUT2D eigenvalue weighted by Gasteiger charge is -2.30. The first kappa shape index (κ1) is 13.9. The van der Waals surface area contributed by atoms with Crippen LogP contribution < -0.4 is 10.6 Å². The normalized spacial score (nSPS) is 20.6. The fraction of sp³-hybridized carbons (Fsp3) is 0.231. The molecule has 1 aliphatic heterocycles. The van der Waals surface area contributed by atoms with Crippen molar-refractivity contribution in [1.29, 1.82) is 0 Å². The van der Waals surface area contributed by atoms with Gasteiger partial charge in [-0.3, -0.25) is 4.79 Å². The second-order valence-corrected chi connectivity index (χ2v) is 4.21. The van der Waals surface area contributed by atoms with Crippen LogP contribution in [0.5, 0.6) is 5.75 Å².